The Hall–Kier alpha value is -4.42. The van der Waals surface area contributed by atoms with Gasteiger partial charge >= 0.3 is 0 Å². The fraction of sp³-hybridized carbons (Fsp3) is 0.318. The third-order valence-electron chi connectivity index (χ3n) is 5.75. The largest absolute Gasteiger partial charge is 0.494 e. The maximum atomic E-state index is 15.0. The molecule has 4 heterocycles. The van der Waals surface area contributed by atoms with E-state index in [0.717, 1.165) is 37.4 Å². The molecule has 0 atom stereocenters. The van der Waals surface area contributed by atoms with Crippen LogP contribution in [-0.4, -0.2) is 66.1 Å². The zero-order valence-corrected chi connectivity index (χ0v) is 19.0. The standard InChI is InChI=1S/C22H23FN10O2/c1-35-19-5-4-18(33-14-27-29-30-33)17(20(19)23)11-24-21(34)16-10-28-32(13-16)12-15-8-25-22(26-9-15)31-6-2-3-7-31/h4-5,8-10,13-14H,2-3,6-7,11-12H2,1H3,(H,24,34). The first-order valence-corrected chi connectivity index (χ1v) is 11.1. The van der Waals surface area contributed by atoms with Gasteiger partial charge in [-0.05, 0) is 35.4 Å². The van der Waals surface area contributed by atoms with Gasteiger partial charge in [0.05, 0.1) is 31.1 Å². The number of nitrogens with zero attached hydrogens (tertiary/aromatic N) is 9. The fourth-order valence-corrected chi connectivity index (χ4v) is 3.94. The molecule has 1 amide bonds. The van der Waals surface area contributed by atoms with Gasteiger partial charge in [-0.3, -0.25) is 9.48 Å². The number of ether oxygens (including phenoxy) is 1. The zero-order valence-electron chi connectivity index (χ0n) is 19.0. The molecule has 1 aliphatic heterocycles. The van der Waals surface area contributed by atoms with E-state index in [4.69, 9.17) is 4.74 Å². The van der Waals surface area contributed by atoms with E-state index in [1.54, 1.807) is 29.3 Å². The summed E-state index contributed by atoms with van der Waals surface area (Å²) < 4.78 is 23.0. The van der Waals surface area contributed by atoms with E-state index in [1.807, 2.05) is 0 Å². The lowest BCUT2D eigenvalue weighted by molar-refractivity contribution is 0.0950. The minimum atomic E-state index is -0.603. The number of tetrazole rings is 1. The Morgan fingerprint density at radius 2 is 1.97 bits per heavy atom. The van der Waals surface area contributed by atoms with E-state index in [0.29, 0.717) is 17.8 Å². The summed E-state index contributed by atoms with van der Waals surface area (Å²) in [5.74, 6) is -0.217. The summed E-state index contributed by atoms with van der Waals surface area (Å²) in [5, 5.41) is 18.0. The van der Waals surface area contributed by atoms with E-state index in [9.17, 15) is 9.18 Å². The molecule has 1 N–H and O–H groups in total. The highest BCUT2D eigenvalue weighted by molar-refractivity contribution is 5.93. The van der Waals surface area contributed by atoms with Crippen molar-refractivity contribution in [3.63, 3.8) is 0 Å². The van der Waals surface area contributed by atoms with Gasteiger partial charge < -0.3 is 15.0 Å². The number of halogens is 1. The van der Waals surface area contributed by atoms with Crippen LogP contribution in [0.25, 0.3) is 5.69 Å². The van der Waals surface area contributed by atoms with Crippen molar-refractivity contribution in [2.24, 2.45) is 0 Å². The second-order valence-corrected chi connectivity index (χ2v) is 8.03. The summed E-state index contributed by atoms with van der Waals surface area (Å²) in [4.78, 5) is 23.8. The highest BCUT2D eigenvalue weighted by Gasteiger charge is 2.18. The summed E-state index contributed by atoms with van der Waals surface area (Å²) in [6, 6.07) is 3.10. The molecule has 0 saturated carbocycles. The van der Waals surface area contributed by atoms with E-state index < -0.39 is 11.7 Å². The van der Waals surface area contributed by atoms with Crippen molar-refractivity contribution in [1.82, 2.24) is 45.3 Å². The first-order valence-electron chi connectivity index (χ1n) is 11.1. The summed E-state index contributed by atoms with van der Waals surface area (Å²) >= 11 is 0. The number of hydrogen-bond acceptors (Lipinski definition) is 9. The van der Waals surface area contributed by atoms with Gasteiger partial charge in [-0.1, -0.05) is 0 Å². The van der Waals surface area contributed by atoms with Crippen LogP contribution in [0.15, 0.2) is 43.2 Å². The van der Waals surface area contributed by atoms with Gasteiger partial charge in [0, 0.05) is 49.4 Å². The Morgan fingerprint density at radius 3 is 2.69 bits per heavy atom. The quantitative estimate of drug-likeness (QED) is 0.399. The molecule has 35 heavy (non-hydrogen) atoms. The van der Waals surface area contributed by atoms with Crippen LogP contribution in [0.1, 0.15) is 34.3 Å². The molecule has 0 radical (unpaired) electrons. The third kappa shape index (κ3) is 4.78. The Kier molecular flexibility index (Phi) is 6.28. The predicted octanol–water partition coefficient (Wildman–Crippen LogP) is 1.37. The predicted molar refractivity (Wildman–Crippen MR) is 122 cm³/mol. The number of carbonyl (C=O) groups excluding carboxylic acids is 1. The maximum Gasteiger partial charge on any atom is 0.254 e. The van der Waals surface area contributed by atoms with Crippen LogP contribution in [0.3, 0.4) is 0 Å². The molecule has 1 aliphatic rings. The van der Waals surface area contributed by atoms with Crippen molar-refractivity contribution in [1.29, 1.82) is 0 Å². The number of methoxy groups -OCH3 is 1. The number of amides is 1. The fourth-order valence-electron chi connectivity index (χ4n) is 3.94. The van der Waals surface area contributed by atoms with Crippen LogP contribution in [0.5, 0.6) is 5.75 Å². The Labute approximate surface area is 199 Å². The highest BCUT2D eigenvalue weighted by Crippen LogP contribution is 2.26. The Balaban J connectivity index is 1.25. The SMILES string of the molecule is COc1ccc(-n2cnnn2)c(CNC(=O)c2cnn(Cc3cnc(N4CCCC4)nc3)c2)c1F. The zero-order chi connectivity index (χ0) is 24.2. The lowest BCUT2D eigenvalue weighted by Gasteiger charge is -2.14. The summed E-state index contributed by atoms with van der Waals surface area (Å²) in [6.07, 6.45) is 10.3. The van der Waals surface area contributed by atoms with Crippen LogP contribution >= 0.6 is 0 Å². The average Bonchev–Trinajstić information content (AvgIpc) is 3.67. The number of anilines is 1. The van der Waals surface area contributed by atoms with E-state index >= 15 is 0 Å². The second kappa shape index (κ2) is 9.83. The average molecular weight is 478 g/mol. The maximum absolute atomic E-state index is 15.0. The van der Waals surface area contributed by atoms with Crippen LogP contribution in [0, 0.1) is 5.82 Å². The number of benzene rings is 1. The molecule has 5 rings (SSSR count). The summed E-state index contributed by atoms with van der Waals surface area (Å²) in [7, 11) is 1.37. The van der Waals surface area contributed by atoms with Crippen molar-refractivity contribution >= 4 is 11.9 Å². The molecule has 13 heteroatoms. The minimum absolute atomic E-state index is 0.0526. The Bertz CT molecular complexity index is 1300. The van der Waals surface area contributed by atoms with Gasteiger partial charge in [-0.2, -0.15) is 5.10 Å². The molecule has 0 spiro atoms. The number of nitrogens with one attached hydrogen (secondary N) is 1. The molecule has 1 fully saturated rings. The minimum Gasteiger partial charge on any atom is -0.494 e. The smallest absolute Gasteiger partial charge is 0.254 e. The lowest BCUT2D eigenvalue weighted by Crippen LogP contribution is -2.24. The molecular formula is C22H23FN10O2. The molecule has 0 bridgehead atoms. The highest BCUT2D eigenvalue weighted by atomic mass is 19.1. The molecule has 1 saturated heterocycles. The topological polar surface area (TPSA) is 129 Å². The number of hydrogen-bond donors (Lipinski definition) is 1. The van der Waals surface area contributed by atoms with Gasteiger partial charge in [0.1, 0.15) is 6.33 Å². The molecule has 1 aromatic carbocycles. The van der Waals surface area contributed by atoms with E-state index in [1.165, 1.54) is 30.4 Å². The van der Waals surface area contributed by atoms with Gasteiger partial charge in [0.25, 0.3) is 5.91 Å². The monoisotopic (exact) mass is 478 g/mol. The lowest BCUT2D eigenvalue weighted by atomic mass is 10.1. The Morgan fingerprint density at radius 1 is 1.17 bits per heavy atom. The first kappa shape index (κ1) is 22.4. The van der Waals surface area contributed by atoms with Crippen LogP contribution in [0.4, 0.5) is 10.3 Å². The number of rotatable bonds is 8. The van der Waals surface area contributed by atoms with Gasteiger partial charge in [-0.15, -0.1) is 5.10 Å². The van der Waals surface area contributed by atoms with Crippen molar-refractivity contribution in [2.45, 2.75) is 25.9 Å². The van der Waals surface area contributed by atoms with Crippen molar-refractivity contribution in [3.8, 4) is 11.4 Å². The third-order valence-corrected chi connectivity index (χ3v) is 5.75. The second-order valence-electron chi connectivity index (χ2n) is 8.03. The molecular weight excluding hydrogens is 455 g/mol. The molecule has 180 valence electrons. The van der Waals surface area contributed by atoms with Gasteiger partial charge in [0.2, 0.25) is 5.95 Å². The number of aromatic nitrogens is 8. The molecule has 3 aromatic heterocycles. The van der Waals surface area contributed by atoms with Crippen LogP contribution < -0.4 is 15.0 Å². The molecule has 0 unspecified atom stereocenters. The van der Waals surface area contributed by atoms with Crippen molar-refractivity contribution < 1.29 is 13.9 Å². The molecule has 12 nitrogen and oxygen atoms in total. The van der Waals surface area contributed by atoms with Crippen LogP contribution in [-0.2, 0) is 13.1 Å². The first-order chi connectivity index (χ1) is 17.1. The van der Waals surface area contributed by atoms with Gasteiger partial charge in [-0.25, -0.2) is 19.0 Å². The van der Waals surface area contributed by atoms with E-state index in [-0.39, 0.29) is 17.9 Å². The van der Waals surface area contributed by atoms with Gasteiger partial charge in [0.15, 0.2) is 11.6 Å². The number of carbonyl (C=O) groups is 1. The summed E-state index contributed by atoms with van der Waals surface area (Å²) in [5.41, 5.74) is 1.79. The molecule has 4 aromatic rings. The molecule has 0 aliphatic carbocycles. The van der Waals surface area contributed by atoms with Crippen molar-refractivity contribution in [3.05, 3.63) is 65.8 Å². The summed E-state index contributed by atoms with van der Waals surface area (Å²) in [6.45, 7) is 2.28. The normalized spacial score (nSPS) is 13.3. The van der Waals surface area contributed by atoms with Crippen LogP contribution in [0.2, 0.25) is 0 Å². The van der Waals surface area contributed by atoms with E-state index in [2.05, 4.69) is 40.8 Å². The van der Waals surface area contributed by atoms with Crippen molar-refractivity contribution in [2.75, 3.05) is 25.1 Å².